The molecule has 0 N–H and O–H groups in total. The number of halogens is 2. The molecule has 0 spiro atoms. The predicted molar refractivity (Wildman–Crippen MR) is 78.6 cm³/mol. The molecular weight excluding hydrogens is 279 g/mol. The zero-order chi connectivity index (χ0) is 11.6. The van der Waals surface area contributed by atoms with Crippen LogP contribution in [0.15, 0.2) is 34.1 Å². The summed E-state index contributed by atoms with van der Waals surface area (Å²) in [5.41, 5.74) is 0. The first-order chi connectivity index (χ1) is 7.88. The second-order valence-corrected chi connectivity index (χ2v) is 6.26. The summed E-state index contributed by atoms with van der Waals surface area (Å²) in [5, 5.41) is 0. The fourth-order valence-corrected chi connectivity index (χ4v) is 3.89. The fourth-order valence-electron chi connectivity index (χ4n) is 1.16. The molecule has 4 heteroatoms. The van der Waals surface area contributed by atoms with E-state index in [0.717, 1.165) is 36.1 Å². The summed E-state index contributed by atoms with van der Waals surface area (Å²) in [4.78, 5) is 2.74. The van der Waals surface area contributed by atoms with Gasteiger partial charge >= 0.3 is 0 Å². The molecule has 1 rings (SSSR count). The highest BCUT2D eigenvalue weighted by molar-refractivity contribution is 8.02. The van der Waals surface area contributed by atoms with Gasteiger partial charge in [0.1, 0.15) is 0 Å². The van der Waals surface area contributed by atoms with Gasteiger partial charge in [-0.2, -0.15) is 0 Å². The molecular formula is C12H16Cl2S2. The summed E-state index contributed by atoms with van der Waals surface area (Å²) in [6.45, 7) is 0. The monoisotopic (exact) mass is 294 g/mol. The van der Waals surface area contributed by atoms with E-state index in [-0.39, 0.29) is 0 Å². The summed E-state index contributed by atoms with van der Waals surface area (Å²) in [6.07, 6.45) is 2.12. The molecule has 0 bridgehead atoms. The Balaban J connectivity index is 2.46. The quantitative estimate of drug-likeness (QED) is 0.370. The average Bonchev–Trinajstić information content (AvgIpc) is 2.32. The van der Waals surface area contributed by atoms with Crippen LogP contribution in [-0.4, -0.2) is 23.3 Å². The number of rotatable bonds is 8. The van der Waals surface area contributed by atoms with Crippen LogP contribution in [0.3, 0.4) is 0 Å². The van der Waals surface area contributed by atoms with Gasteiger partial charge in [-0.15, -0.1) is 46.7 Å². The zero-order valence-corrected chi connectivity index (χ0v) is 12.3. The molecule has 0 unspecified atom stereocenters. The third kappa shape index (κ3) is 5.72. The predicted octanol–water partition coefficient (Wildman–Crippen LogP) is 5.13. The van der Waals surface area contributed by atoms with Crippen LogP contribution in [0.5, 0.6) is 0 Å². The maximum Gasteiger partial charge on any atom is 0.0231 e. The molecule has 0 saturated heterocycles. The topological polar surface area (TPSA) is 0 Å². The van der Waals surface area contributed by atoms with E-state index in [0.29, 0.717) is 0 Å². The van der Waals surface area contributed by atoms with Crippen molar-refractivity contribution in [1.29, 1.82) is 0 Å². The highest BCUT2D eigenvalue weighted by atomic mass is 35.5. The van der Waals surface area contributed by atoms with E-state index in [2.05, 4.69) is 24.3 Å². The molecule has 0 saturated carbocycles. The molecule has 0 aliphatic heterocycles. The van der Waals surface area contributed by atoms with E-state index in [1.807, 2.05) is 23.5 Å². The standard InChI is InChI=1S/C12H16Cl2S2/c13-7-3-9-15-11-5-1-2-6-12(11)16-10-4-8-14/h1-2,5-6H,3-4,7-10H2. The van der Waals surface area contributed by atoms with E-state index in [1.165, 1.54) is 9.79 Å². The number of benzene rings is 1. The van der Waals surface area contributed by atoms with Crippen LogP contribution in [0.4, 0.5) is 0 Å². The van der Waals surface area contributed by atoms with Crippen molar-refractivity contribution < 1.29 is 0 Å². The van der Waals surface area contributed by atoms with Gasteiger partial charge in [-0.1, -0.05) is 12.1 Å². The van der Waals surface area contributed by atoms with Crippen molar-refractivity contribution in [2.45, 2.75) is 22.6 Å². The van der Waals surface area contributed by atoms with Gasteiger partial charge in [-0.3, -0.25) is 0 Å². The second kappa shape index (κ2) is 9.52. The molecule has 0 heterocycles. The summed E-state index contributed by atoms with van der Waals surface area (Å²) in [5.74, 6) is 3.68. The van der Waals surface area contributed by atoms with Crippen LogP contribution in [0.1, 0.15) is 12.8 Å². The normalized spacial score (nSPS) is 10.6. The van der Waals surface area contributed by atoms with Gasteiger partial charge in [-0.25, -0.2) is 0 Å². The largest absolute Gasteiger partial charge is 0.127 e. The Labute approximate surface area is 116 Å². The molecule has 0 aromatic heterocycles. The lowest BCUT2D eigenvalue weighted by Gasteiger charge is -2.07. The van der Waals surface area contributed by atoms with Crippen LogP contribution >= 0.6 is 46.7 Å². The minimum Gasteiger partial charge on any atom is -0.127 e. The first-order valence-corrected chi connectivity index (χ1v) is 8.39. The molecule has 0 amide bonds. The first-order valence-electron chi connectivity index (χ1n) is 5.35. The van der Waals surface area contributed by atoms with Crippen molar-refractivity contribution in [3.05, 3.63) is 24.3 Å². The number of thioether (sulfide) groups is 2. The van der Waals surface area contributed by atoms with Crippen LogP contribution in [-0.2, 0) is 0 Å². The third-order valence-electron chi connectivity index (χ3n) is 1.92. The Morgan fingerprint density at radius 1 is 0.812 bits per heavy atom. The SMILES string of the molecule is ClCCCSc1ccccc1SCCCCl. The fraction of sp³-hybridized carbons (Fsp3) is 0.500. The smallest absolute Gasteiger partial charge is 0.0231 e. The van der Waals surface area contributed by atoms with Gasteiger partial charge in [0.05, 0.1) is 0 Å². The third-order valence-corrected chi connectivity index (χ3v) is 4.90. The summed E-state index contributed by atoms with van der Waals surface area (Å²) in [7, 11) is 0. The van der Waals surface area contributed by atoms with E-state index in [1.54, 1.807) is 0 Å². The molecule has 0 nitrogen and oxygen atoms in total. The number of hydrogen-bond acceptors (Lipinski definition) is 2. The maximum absolute atomic E-state index is 5.68. The van der Waals surface area contributed by atoms with Crippen LogP contribution in [0.25, 0.3) is 0 Å². The van der Waals surface area contributed by atoms with E-state index in [9.17, 15) is 0 Å². The van der Waals surface area contributed by atoms with Crippen molar-refractivity contribution in [2.24, 2.45) is 0 Å². The average molecular weight is 295 g/mol. The number of alkyl halides is 2. The Bertz CT molecular complexity index is 263. The lowest BCUT2D eigenvalue weighted by Crippen LogP contribution is -1.86. The summed E-state index contributed by atoms with van der Waals surface area (Å²) in [6, 6.07) is 8.55. The van der Waals surface area contributed by atoms with Gasteiger partial charge in [0.25, 0.3) is 0 Å². The Morgan fingerprint density at radius 3 is 1.62 bits per heavy atom. The van der Waals surface area contributed by atoms with Crippen molar-refractivity contribution in [3.63, 3.8) is 0 Å². The minimum atomic E-state index is 0.745. The van der Waals surface area contributed by atoms with Gasteiger partial charge in [0.2, 0.25) is 0 Å². The highest BCUT2D eigenvalue weighted by Gasteiger charge is 2.02. The van der Waals surface area contributed by atoms with Crippen LogP contribution < -0.4 is 0 Å². The summed E-state index contributed by atoms with van der Waals surface area (Å²) >= 11 is 15.1. The zero-order valence-electron chi connectivity index (χ0n) is 9.12. The lowest BCUT2D eigenvalue weighted by molar-refractivity contribution is 1.10. The molecule has 16 heavy (non-hydrogen) atoms. The second-order valence-electron chi connectivity index (χ2n) is 3.23. The molecule has 0 aliphatic carbocycles. The van der Waals surface area contributed by atoms with Gasteiger partial charge < -0.3 is 0 Å². The van der Waals surface area contributed by atoms with E-state index in [4.69, 9.17) is 23.2 Å². The molecule has 1 aromatic rings. The molecule has 0 aliphatic rings. The first kappa shape index (κ1) is 14.6. The van der Waals surface area contributed by atoms with Crippen molar-refractivity contribution in [1.82, 2.24) is 0 Å². The van der Waals surface area contributed by atoms with Crippen molar-refractivity contribution >= 4 is 46.7 Å². The molecule has 0 radical (unpaired) electrons. The maximum atomic E-state index is 5.68. The van der Waals surface area contributed by atoms with Crippen molar-refractivity contribution in [3.8, 4) is 0 Å². The van der Waals surface area contributed by atoms with Crippen LogP contribution in [0, 0.1) is 0 Å². The molecule has 90 valence electrons. The van der Waals surface area contributed by atoms with Gasteiger partial charge in [-0.05, 0) is 36.5 Å². The van der Waals surface area contributed by atoms with Crippen LogP contribution in [0.2, 0.25) is 0 Å². The van der Waals surface area contributed by atoms with Crippen molar-refractivity contribution in [2.75, 3.05) is 23.3 Å². The van der Waals surface area contributed by atoms with Gasteiger partial charge in [0.15, 0.2) is 0 Å². The lowest BCUT2D eigenvalue weighted by atomic mass is 10.4. The van der Waals surface area contributed by atoms with E-state index >= 15 is 0 Å². The van der Waals surface area contributed by atoms with E-state index < -0.39 is 0 Å². The highest BCUT2D eigenvalue weighted by Crippen LogP contribution is 2.31. The Kier molecular flexibility index (Phi) is 8.67. The van der Waals surface area contributed by atoms with Gasteiger partial charge in [0, 0.05) is 21.6 Å². The molecule has 1 aromatic carbocycles. The molecule has 0 fully saturated rings. The number of hydrogen-bond donors (Lipinski definition) is 0. The molecule has 0 atom stereocenters. The summed E-state index contributed by atoms with van der Waals surface area (Å²) < 4.78 is 0. The Hall–Kier alpha value is 0.500. The minimum absolute atomic E-state index is 0.745. The Morgan fingerprint density at radius 2 is 1.25 bits per heavy atom.